The second-order valence-corrected chi connectivity index (χ2v) is 8.84. The fraction of sp³-hybridized carbons (Fsp3) is 0.462. The van der Waals surface area contributed by atoms with Gasteiger partial charge in [0.1, 0.15) is 11.9 Å². The average Bonchev–Trinajstić information content (AvgIpc) is 2.83. The normalized spacial score (nSPS) is 15.3. The first-order valence-electron chi connectivity index (χ1n) is 11.8. The monoisotopic (exact) mass is 454 g/mol. The predicted molar refractivity (Wildman–Crippen MR) is 130 cm³/mol. The fourth-order valence-electron chi connectivity index (χ4n) is 4.05. The smallest absolute Gasteiger partial charge is 0.254 e. The molecule has 3 rings (SSSR count). The summed E-state index contributed by atoms with van der Waals surface area (Å²) in [5.74, 6) is -1.51. The highest BCUT2D eigenvalue weighted by Gasteiger charge is 2.25. The number of carbonyl (C=O) groups is 2. The Morgan fingerprint density at radius 3 is 2.27 bits per heavy atom. The molecule has 178 valence electrons. The molecule has 33 heavy (non-hydrogen) atoms. The zero-order chi connectivity index (χ0) is 23.6. The molecule has 0 aromatic heterocycles. The van der Waals surface area contributed by atoms with Crippen LogP contribution in [0.3, 0.4) is 0 Å². The molecule has 2 aromatic carbocycles. The van der Waals surface area contributed by atoms with Crippen molar-refractivity contribution in [1.29, 1.82) is 0 Å². The highest BCUT2D eigenvalue weighted by molar-refractivity contribution is 5.97. The lowest BCUT2D eigenvalue weighted by atomic mass is 10.0. The van der Waals surface area contributed by atoms with Crippen molar-refractivity contribution in [2.45, 2.75) is 32.7 Å². The summed E-state index contributed by atoms with van der Waals surface area (Å²) in [5, 5.41) is 5.61. The maximum Gasteiger partial charge on any atom is 0.254 e. The van der Waals surface area contributed by atoms with E-state index in [1.807, 2.05) is 19.9 Å². The van der Waals surface area contributed by atoms with Gasteiger partial charge in [0.15, 0.2) is 0 Å². The third-order valence-corrected chi connectivity index (χ3v) is 6.05. The van der Waals surface area contributed by atoms with Crippen molar-refractivity contribution in [2.75, 3.05) is 44.2 Å². The molecular weight excluding hydrogens is 419 g/mol. The number of amides is 2. The van der Waals surface area contributed by atoms with Crippen molar-refractivity contribution in [3.05, 3.63) is 66.0 Å². The number of hydrogen-bond acceptors (Lipinski definition) is 4. The molecule has 2 N–H and O–H groups in total. The zero-order valence-electron chi connectivity index (χ0n) is 19.6. The third kappa shape index (κ3) is 7.29. The van der Waals surface area contributed by atoms with Crippen LogP contribution in [0.25, 0.3) is 0 Å². The molecule has 0 saturated carbocycles. The molecule has 1 atom stereocenters. The molecule has 1 unspecified atom stereocenters. The van der Waals surface area contributed by atoms with E-state index >= 15 is 0 Å². The van der Waals surface area contributed by atoms with Gasteiger partial charge >= 0.3 is 0 Å². The molecule has 1 aliphatic heterocycles. The summed E-state index contributed by atoms with van der Waals surface area (Å²) in [6.45, 7) is 9.42. The van der Waals surface area contributed by atoms with Gasteiger partial charge in [-0.15, -0.1) is 0 Å². The number of anilines is 1. The molecule has 0 aliphatic carbocycles. The second-order valence-electron chi connectivity index (χ2n) is 8.84. The Balaban J connectivity index is 1.35. The molecule has 0 radical (unpaired) electrons. The van der Waals surface area contributed by atoms with Gasteiger partial charge in [0.25, 0.3) is 5.91 Å². The zero-order valence-corrected chi connectivity index (χ0v) is 19.6. The van der Waals surface area contributed by atoms with Crippen molar-refractivity contribution in [1.82, 2.24) is 15.5 Å². The fourth-order valence-corrected chi connectivity index (χ4v) is 4.05. The number of benzene rings is 2. The number of nitrogens with zero attached hydrogens (tertiary/aromatic N) is 2. The van der Waals surface area contributed by atoms with E-state index in [1.165, 1.54) is 23.9 Å². The van der Waals surface area contributed by atoms with Crippen LogP contribution in [0, 0.1) is 11.7 Å². The molecule has 6 nitrogen and oxygen atoms in total. The van der Waals surface area contributed by atoms with Gasteiger partial charge in [0.05, 0.1) is 5.56 Å². The number of nitrogens with one attached hydrogen (secondary N) is 2. The minimum absolute atomic E-state index is 0.0525. The Kier molecular flexibility index (Phi) is 9.24. The summed E-state index contributed by atoms with van der Waals surface area (Å²) < 4.78 is 13.9. The van der Waals surface area contributed by atoms with Crippen LogP contribution in [0.15, 0.2) is 54.6 Å². The summed E-state index contributed by atoms with van der Waals surface area (Å²) >= 11 is 0. The largest absolute Gasteiger partial charge is 0.369 e. The number of piperazine rings is 1. The van der Waals surface area contributed by atoms with Crippen LogP contribution in [0.2, 0.25) is 0 Å². The number of carbonyl (C=O) groups excluding carboxylic acids is 2. The average molecular weight is 455 g/mol. The van der Waals surface area contributed by atoms with Gasteiger partial charge < -0.3 is 15.5 Å². The molecule has 0 spiro atoms. The Morgan fingerprint density at radius 1 is 0.939 bits per heavy atom. The van der Waals surface area contributed by atoms with Crippen molar-refractivity contribution in [2.24, 2.45) is 5.92 Å². The SMILES string of the molecule is CC(C)C(NC(=O)c1ccccc1F)C(=O)NCCCCN1CCN(c2ccccc2)CC1. The minimum Gasteiger partial charge on any atom is -0.369 e. The molecular formula is C26H35FN4O2. The van der Waals surface area contributed by atoms with Crippen LogP contribution in [-0.2, 0) is 4.79 Å². The number of unbranched alkanes of at least 4 members (excludes halogenated alkanes) is 1. The van der Waals surface area contributed by atoms with Gasteiger partial charge in [-0.1, -0.05) is 44.2 Å². The quantitative estimate of drug-likeness (QED) is 0.541. The van der Waals surface area contributed by atoms with Crippen LogP contribution >= 0.6 is 0 Å². The summed E-state index contributed by atoms with van der Waals surface area (Å²) in [6.07, 6.45) is 1.87. The standard InChI is InChI=1S/C26H35FN4O2/c1-20(2)24(29-25(32)22-12-6-7-13-23(22)27)26(33)28-14-8-9-15-30-16-18-31(19-17-30)21-10-4-3-5-11-21/h3-7,10-13,20,24H,8-9,14-19H2,1-2H3,(H,28,33)(H,29,32). The molecule has 1 saturated heterocycles. The molecule has 2 aromatic rings. The summed E-state index contributed by atoms with van der Waals surface area (Å²) in [4.78, 5) is 29.9. The Bertz CT molecular complexity index is 898. The van der Waals surface area contributed by atoms with Gasteiger partial charge in [-0.25, -0.2) is 4.39 Å². The van der Waals surface area contributed by atoms with Crippen LogP contribution in [0.4, 0.5) is 10.1 Å². The molecule has 2 amide bonds. The van der Waals surface area contributed by atoms with E-state index in [0.29, 0.717) is 6.54 Å². The van der Waals surface area contributed by atoms with E-state index in [9.17, 15) is 14.0 Å². The molecule has 1 heterocycles. The lowest BCUT2D eigenvalue weighted by Gasteiger charge is -2.36. The number of halogens is 1. The van der Waals surface area contributed by atoms with Gasteiger partial charge in [0, 0.05) is 38.4 Å². The third-order valence-electron chi connectivity index (χ3n) is 6.05. The van der Waals surface area contributed by atoms with Crippen LogP contribution in [0.1, 0.15) is 37.0 Å². The Labute approximate surface area is 196 Å². The molecule has 0 bridgehead atoms. The highest BCUT2D eigenvalue weighted by atomic mass is 19.1. The van der Waals surface area contributed by atoms with Crippen LogP contribution in [-0.4, -0.2) is 62.0 Å². The first kappa shape index (κ1) is 24.7. The van der Waals surface area contributed by atoms with Crippen molar-refractivity contribution < 1.29 is 14.0 Å². The second kappa shape index (κ2) is 12.3. The summed E-state index contributed by atoms with van der Waals surface area (Å²) in [5.41, 5.74) is 1.23. The van der Waals surface area contributed by atoms with E-state index in [0.717, 1.165) is 45.6 Å². The van der Waals surface area contributed by atoms with Crippen LogP contribution in [0.5, 0.6) is 0 Å². The highest BCUT2D eigenvalue weighted by Crippen LogP contribution is 2.15. The van der Waals surface area contributed by atoms with Gasteiger partial charge in [-0.2, -0.15) is 0 Å². The van der Waals surface area contributed by atoms with E-state index in [-0.39, 0.29) is 17.4 Å². The lowest BCUT2D eigenvalue weighted by Crippen LogP contribution is -2.50. The lowest BCUT2D eigenvalue weighted by molar-refractivity contribution is -0.123. The number of rotatable bonds is 10. The topological polar surface area (TPSA) is 64.7 Å². The van der Waals surface area contributed by atoms with Crippen molar-refractivity contribution in [3.63, 3.8) is 0 Å². The number of hydrogen-bond donors (Lipinski definition) is 2. The molecule has 7 heteroatoms. The maximum atomic E-state index is 13.9. The van der Waals surface area contributed by atoms with Crippen molar-refractivity contribution in [3.8, 4) is 0 Å². The first-order valence-corrected chi connectivity index (χ1v) is 11.8. The minimum atomic E-state index is -0.705. The Morgan fingerprint density at radius 2 is 1.61 bits per heavy atom. The van der Waals surface area contributed by atoms with Crippen molar-refractivity contribution >= 4 is 17.5 Å². The first-order chi connectivity index (χ1) is 16.0. The van der Waals surface area contributed by atoms with E-state index in [2.05, 4.69) is 44.7 Å². The summed E-state index contributed by atoms with van der Waals surface area (Å²) in [7, 11) is 0. The molecule has 1 fully saturated rings. The Hall–Kier alpha value is -2.93. The van der Waals surface area contributed by atoms with E-state index in [1.54, 1.807) is 6.07 Å². The molecule has 1 aliphatic rings. The van der Waals surface area contributed by atoms with E-state index in [4.69, 9.17) is 0 Å². The van der Waals surface area contributed by atoms with Gasteiger partial charge in [-0.05, 0) is 49.6 Å². The number of para-hydroxylation sites is 1. The van der Waals surface area contributed by atoms with Gasteiger partial charge in [0.2, 0.25) is 5.91 Å². The predicted octanol–water partition coefficient (Wildman–Crippen LogP) is 3.30. The summed E-state index contributed by atoms with van der Waals surface area (Å²) in [6, 6.07) is 15.6. The van der Waals surface area contributed by atoms with Crippen LogP contribution < -0.4 is 15.5 Å². The maximum absolute atomic E-state index is 13.9. The van der Waals surface area contributed by atoms with Gasteiger partial charge in [-0.3, -0.25) is 14.5 Å². The van der Waals surface area contributed by atoms with E-state index < -0.39 is 17.8 Å².